The highest BCUT2D eigenvalue weighted by Gasteiger charge is 2.27. The van der Waals surface area contributed by atoms with Crippen molar-refractivity contribution in [3.8, 4) is 0 Å². The number of quaternary nitrogens is 1. The molecule has 2 saturated heterocycles. The van der Waals surface area contributed by atoms with E-state index in [1.165, 1.54) is 62.6 Å². The topological polar surface area (TPSA) is 3.24 Å². The van der Waals surface area contributed by atoms with E-state index in [-0.39, 0.29) is 48.0 Å². The van der Waals surface area contributed by atoms with E-state index in [2.05, 4.69) is 26.0 Å². The Hall–Kier alpha value is 1.38. The van der Waals surface area contributed by atoms with Gasteiger partial charge in [-0.05, 0) is 58.0 Å². The summed E-state index contributed by atoms with van der Waals surface area (Å²) in [6, 6.07) is 0.907. The van der Waals surface area contributed by atoms with Crippen LogP contribution in [0.1, 0.15) is 38.5 Å². The summed E-state index contributed by atoms with van der Waals surface area (Å²) in [6.45, 7) is 4.12. The first kappa shape index (κ1) is 19.4. The van der Waals surface area contributed by atoms with Crippen molar-refractivity contribution in [3.05, 3.63) is 0 Å². The van der Waals surface area contributed by atoms with Crippen LogP contribution in [0.3, 0.4) is 0 Å². The maximum Gasteiger partial charge on any atom is 0.0785 e. The van der Waals surface area contributed by atoms with Gasteiger partial charge in [0.25, 0.3) is 0 Å². The van der Waals surface area contributed by atoms with Crippen LogP contribution < -0.4 is 48.0 Å². The lowest BCUT2D eigenvalue weighted by atomic mass is 9.89. The minimum absolute atomic E-state index is 0. The Kier molecular flexibility index (Phi) is 9.28. The van der Waals surface area contributed by atoms with Gasteiger partial charge in [0.1, 0.15) is 0 Å². The van der Waals surface area contributed by atoms with Crippen molar-refractivity contribution in [2.24, 2.45) is 5.92 Å². The number of rotatable bonds is 3. The Morgan fingerprint density at radius 2 is 1.61 bits per heavy atom. The van der Waals surface area contributed by atoms with Crippen molar-refractivity contribution in [1.82, 2.24) is 4.90 Å². The molecular weight excluding hydrogens is 450 g/mol. The minimum atomic E-state index is 0. The van der Waals surface area contributed by atoms with Gasteiger partial charge in [-0.3, -0.25) is 0 Å². The summed E-state index contributed by atoms with van der Waals surface area (Å²) in [6.07, 6.45) is 8.73. The smallest absolute Gasteiger partial charge is 0.0785 e. The molecule has 0 spiro atoms. The lowest BCUT2D eigenvalue weighted by Gasteiger charge is -2.37. The third-order valence-corrected chi connectivity index (χ3v) is 4.87. The molecule has 4 heteroatoms. The molecule has 2 fully saturated rings. The molecule has 0 amide bonds. The fourth-order valence-electron chi connectivity index (χ4n) is 3.38. The first-order valence-electron chi connectivity index (χ1n) is 7.09. The Balaban J connectivity index is 0.00000144. The fourth-order valence-corrected chi connectivity index (χ4v) is 3.38. The van der Waals surface area contributed by atoms with Gasteiger partial charge in [0, 0.05) is 6.04 Å². The van der Waals surface area contributed by atoms with Gasteiger partial charge in [0.15, 0.2) is 0 Å². The molecular formula is C14H29I2N2-. The Morgan fingerprint density at radius 3 is 2.11 bits per heavy atom. The maximum absolute atomic E-state index is 2.57. The Morgan fingerprint density at radius 1 is 1.00 bits per heavy atom. The van der Waals surface area contributed by atoms with Gasteiger partial charge in [-0.15, -0.1) is 0 Å². The van der Waals surface area contributed by atoms with E-state index in [0.717, 1.165) is 12.0 Å². The van der Waals surface area contributed by atoms with Crippen LogP contribution in [0.15, 0.2) is 0 Å². The molecule has 1 unspecified atom stereocenters. The van der Waals surface area contributed by atoms with Gasteiger partial charge in [0.2, 0.25) is 0 Å². The number of halogens is 2. The van der Waals surface area contributed by atoms with Crippen molar-refractivity contribution in [3.63, 3.8) is 0 Å². The standard InChI is InChI=1S/C14H29N2.2HI/c1-15-10-4-5-14(15)7-6-13-8-11-16(2,3)12-9-13;;/h13-14H,4-12H2,1-3H3;2*1H/q+1;;/p-2. The summed E-state index contributed by atoms with van der Waals surface area (Å²) >= 11 is 0. The van der Waals surface area contributed by atoms with Gasteiger partial charge < -0.3 is 57.3 Å². The van der Waals surface area contributed by atoms with Crippen LogP contribution in [0.4, 0.5) is 0 Å². The molecule has 0 aromatic heterocycles. The molecule has 2 nitrogen and oxygen atoms in total. The molecule has 0 N–H and O–H groups in total. The fraction of sp³-hybridized carbons (Fsp3) is 1.00. The van der Waals surface area contributed by atoms with Crippen LogP contribution in [0.5, 0.6) is 0 Å². The molecule has 0 aliphatic carbocycles. The number of piperidine rings is 1. The molecule has 2 aliphatic rings. The van der Waals surface area contributed by atoms with Gasteiger partial charge in [-0.25, -0.2) is 0 Å². The monoisotopic (exact) mass is 479 g/mol. The molecule has 0 saturated carbocycles. The second kappa shape index (κ2) is 8.62. The number of hydrogen-bond acceptors (Lipinski definition) is 1. The Bertz CT molecular complexity index is 224. The summed E-state index contributed by atoms with van der Waals surface area (Å²) in [5.74, 6) is 1.03. The average Bonchev–Trinajstić information content (AvgIpc) is 2.63. The molecule has 18 heavy (non-hydrogen) atoms. The second-order valence-electron chi connectivity index (χ2n) is 6.68. The van der Waals surface area contributed by atoms with E-state index >= 15 is 0 Å². The molecule has 0 radical (unpaired) electrons. The van der Waals surface area contributed by atoms with E-state index in [1.54, 1.807) is 0 Å². The zero-order valence-electron chi connectivity index (χ0n) is 12.2. The third kappa shape index (κ3) is 5.79. The normalized spacial score (nSPS) is 28.5. The molecule has 0 aromatic rings. The number of likely N-dealkylation sites (tertiary alicyclic amines) is 2. The van der Waals surface area contributed by atoms with Crippen LogP contribution in [-0.2, 0) is 0 Å². The highest BCUT2D eigenvalue weighted by Crippen LogP contribution is 2.27. The molecule has 2 aliphatic heterocycles. The summed E-state index contributed by atoms with van der Waals surface area (Å²) < 4.78 is 1.25. The van der Waals surface area contributed by atoms with E-state index < -0.39 is 0 Å². The van der Waals surface area contributed by atoms with Crippen LogP contribution in [0.25, 0.3) is 0 Å². The van der Waals surface area contributed by atoms with Crippen LogP contribution in [-0.4, -0.2) is 56.2 Å². The van der Waals surface area contributed by atoms with Gasteiger partial charge in [-0.1, -0.05) is 0 Å². The van der Waals surface area contributed by atoms with Gasteiger partial charge in [-0.2, -0.15) is 0 Å². The van der Waals surface area contributed by atoms with Crippen molar-refractivity contribution in [1.29, 1.82) is 0 Å². The second-order valence-corrected chi connectivity index (χ2v) is 6.68. The van der Waals surface area contributed by atoms with Crippen LogP contribution >= 0.6 is 0 Å². The molecule has 0 aromatic carbocycles. The van der Waals surface area contributed by atoms with Crippen molar-refractivity contribution in [2.45, 2.75) is 44.6 Å². The highest BCUT2D eigenvalue weighted by atomic mass is 127. The quantitative estimate of drug-likeness (QED) is 0.299. The number of hydrogen-bond donors (Lipinski definition) is 0. The zero-order valence-corrected chi connectivity index (χ0v) is 16.5. The highest BCUT2D eigenvalue weighted by molar-refractivity contribution is 4.77. The third-order valence-electron chi connectivity index (χ3n) is 4.87. The first-order chi connectivity index (χ1) is 7.57. The van der Waals surface area contributed by atoms with Gasteiger partial charge in [0.05, 0.1) is 27.2 Å². The van der Waals surface area contributed by atoms with Crippen molar-refractivity contribution in [2.75, 3.05) is 40.8 Å². The minimum Gasteiger partial charge on any atom is -1.00 e. The predicted octanol–water partition coefficient (Wildman–Crippen LogP) is -3.64. The predicted molar refractivity (Wildman–Crippen MR) is 69.5 cm³/mol. The first-order valence-corrected chi connectivity index (χ1v) is 7.09. The lowest BCUT2D eigenvalue weighted by Crippen LogP contribution is -3.00. The molecule has 2 heterocycles. The number of nitrogens with zero attached hydrogens (tertiary/aromatic N) is 2. The molecule has 0 bridgehead atoms. The van der Waals surface area contributed by atoms with Crippen molar-refractivity contribution < 1.29 is 52.4 Å². The van der Waals surface area contributed by atoms with Crippen LogP contribution in [0.2, 0.25) is 0 Å². The summed E-state index contributed by atoms with van der Waals surface area (Å²) in [4.78, 5) is 2.57. The van der Waals surface area contributed by atoms with E-state index in [0.29, 0.717) is 0 Å². The van der Waals surface area contributed by atoms with E-state index in [9.17, 15) is 0 Å². The van der Waals surface area contributed by atoms with E-state index in [1.807, 2.05) is 0 Å². The summed E-state index contributed by atoms with van der Waals surface area (Å²) in [5, 5.41) is 0. The van der Waals surface area contributed by atoms with Crippen LogP contribution in [0, 0.1) is 5.92 Å². The Labute approximate surface area is 147 Å². The van der Waals surface area contributed by atoms with E-state index in [4.69, 9.17) is 0 Å². The molecule has 2 rings (SSSR count). The SMILES string of the molecule is CN1CCCC1CCC1CC[N+](C)(C)CC1.[I-].[I-]. The zero-order chi connectivity index (χ0) is 11.6. The summed E-state index contributed by atoms with van der Waals surface area (Å²) in [5.41, 5.74) is 0. The summed E-state index contributed by atoms with van der Waals surface area (Å²) in [7, 11) is 7.06. The van der Waals surface area contributed by atoms with Crippen molar-refractivity contribution >= 4 is 0 Å². The lowest BCUT2D eigenvalue weighted by molar-refractivity contribution is -0.896. The van der Waals surface area contributed by atoms with Gasteiger partial charge >= 0.3 is 0 Å². The molecule has 1 atom stereocenters. The molecule has 110 valence electrons. The maximum atomic E-state index is 2.57. The average molecular weight is 479 g/mol. The largest absolute Gasteiger partial charge is 1.00 e.